The Morgan fingerprint density at radius 1 is 1.36 bits per heavy atom. The van der Waals surface area contributed by atoms with Gasteiger partial charge in [-0.25, -0.2) is 0 Å². The molecule has 1 fully saturated rings. The summed E-state index contributed by atoms with van der Waals surface area (Å²) >= 11 is 1.60. The zero-order valence-corrected chi connectivity index (χ0v) is 16.9. The van der Waals surface area contributed by atoms with Gasteiger partial charge < -0.3 is 18.9 Å². The van der Waals surface area contributed by atoms with Gasteiger partial charge in [-0.1, -0.05) is 17.3 Å². The average molecular weight is 404 g/mol. The normalized spacial score (nSPS) is 16.6. The van der Waals surface area contributed by atoms with Gasteiger partial charge in [0.1, 0.15) is 12.4 Å². The zero-order valence-electron chi connectivity index (χ0n) is 16.1. The van der Waals surface area contributed by atoms with Crippen LogP contribution in [0.3, 0.4) is 0 Å². The minimum absolute atomic E-state index is 0.184. The summed E-state index contributed by atoms with van der Waals surface area (Å²) < 4.78 is 16.1. The first-order valence-corrected chi connectivity index (χ1v) is 10.5. The molecule has 8 heteroatoms. The lowest BCUT2D eigenvalue weighted by atomic mass is 9.98. The molecule has 7 nitrogen and oxygen atoms in total. The molecule has 3 rings (SSSR count). The Morgan fingerprint density at radius 3 is 2.96 bits per heavy atom. The molecule has 1 aromatic heterocycles. The SMILES string of the molecule is CCOC(=O)[C@H]1CCCN(C(=O)c2cc(COc3ccccc3SC)on2)C1. The lowest BCUT2D eigenvalue weighted by Crippen LogP contribution is -2.42. The molecule has 1 atom stereocenters. The van der Waals surface area contributed by atoms with Crippen LogP contribution < -0.4 is 4.74 Å². The van der Waals surface area contributed by atoms with Crippen molar-refractivity contribution in [3.63, 3.8) is 0 Å². The van der Waals surface area contributed by atoms with E-state index in [0.29, 0.717) is 25.5 Å². The van der Waals surface area contributed by atoms with Gasteiger partial charge in [-0.15, -0.1) is 11.8 Å². The van der Waals surface area contributed by atoms with Crippen LogP contribution in [0.5, 0.6) is 5.75 Å². The Kier molecular flexibility index (Phi) is 6.97. The molecular weight excluding hydrogens is 380 g/mol. The van der Waals surface area contributed by atoms with Gasteiger partial charge >= 0.3 is 5.97 Å². The first kappa shape index (κ1) is 20.3. The second-order valence-electron chi connectivity index (χ2n) is 6.46. The molecule has 1 aliphatic heterocycles. The molecule has 1 aromatic carbocycles. The fraction of sp³-hybridized carbons (Fsp3) is 0.450. The second-order valence-corrected chi connectivity index (χ2v) is 7.31. The number of esters is 1. The maximum Gasteiger partial charge on any atom is 0.310 e. The third-order valence-electron chi connectivity index (χ3n) is 4.55. The van der Waals surface area contributed by atoms with Crippen molar-refractivity contribution in [3.8, 4) is 5.75 Å². The molecule has 0 radical (unpaired) electrons. The van der Waals surface area contributed by atoms with Crippen molar-refractivity contribution in [1.82, 2.24) is 10.1 Å². The number of ether oxygens (including phenoxy) is 2. The van der Waals surface area contributed by atoms with Gasteiger partial charge in [0.05, 0.1) is 12.5 Å². The predicted octanol–water partition coefficient (Wildman–Crippen LogP) is 3.39. The Balaban J connectivity index is 1.60. The van der Waals surface area contributed by atoms with E-state index in [4.69, 9.17) is 14.0 Å². The van der Waals surface area contributed by atoms with Crippen molar-refractivity contribution in [2.75, 3.05) is 26.0 Å². The number of likely N-dealkylation sites (tertiary alicyclic amines) is 1. The highest BCUT2D eigenvalue weighted by Gasteiger charge is 2.31. The molecule has 0 saturated carbocycles. The molecule has 1 amide bonds. The number of carbonyl (C=O) groups is 2. The van der Waals surface area contributed by atoms with Crippen LogP contribution in [-0.4, -0.2) is 47.9 Å². The molecule has 1 saturated heterocycles. The van der Waals surface area contributed by atoms with Gasteiger partial charge in [0.2, 0.25) is 0 Å². The Hall–Kier alpha value is -2.48. The maximum atomic E-state index is 12.7. The van der Waals surface area contributed by atoms with Crippen LogP contribution in [0.15, 0.2) is 39.8 Å². The summed E-state index contributed by atoms with van der Waals surface area (Å²) in [5, 5.41) is 3.88. The second kappa shape index (κ2) is 9.64. The number of benzene rings is 1. The smallest absolute Gasteiger partial charge is 0.310 e. The highest BCUT2D eigenvalue weighted by Crippen LogP contribution is 2.27. The molecule has 0 unspecified atom stereocenters. The van der Waals surface area contributed by atoms with Crippen molar-refractivity contribution in [2.24, 2.45) is 5.92 Å². The van der Waals surface area contributed by atoms with Crippen molar-refractivity contribution in [2.45, 2.75) is 31.3 Å². The van der Waals surface area contributed by atoms with Gasteiger partial charge in [0, 0.05) is 24.1 Å². The van der Waals surface area contributed by atoms with Gasteiger partial charge in [0.25, 0.3) is 5.91 Å². The molecule has 2 heterocycles. The fourth-order valence-electron chi connectivity index (χ4n) is 3.14. The first-order chi connectivity index (χ1) is 13.6. The quantitative estimate of drug-likeness (QED) is 0.517. The maximum absolute atomic E-state index is 12.7. The number of aromatic nitrogens is 1. The molecule has 28 heavy (non-hydrogen) atoms. The number of nitrogens with zero attached hydrogens (tertiary/aromatic N) is 2. The van der Waals surface area contributed by atoms with Gasteiger partial charge in [-0.05, 0) is 38.2 Å². The van der Waals surface area contributed by atoms with E-state index in [0.717, 1.165) is 23.5 Å². The van der Waals surface area contributed by atoms with Crippen LogP contribution in [0.1, 0.15) is 36.0 Å². The van der Waals surface area contributed by atoms with Crippen molar-refractivity contribution in [3.05, 3.63) is 41.8 Å². The molecule has 2 aromatic rings. The molecule has 0 N–H and O–H groups in total. The van der Waals surface area contributed by atoms with E-state index < -0.39 is 0 Å². The fourth-order valence-corrected chi connectivity index (χ4v) is 3.69. The molecule has 0 spiro atoms. The number of hydrogen-bond donors (Lipinski definition) is 0. The van der Waals surface area contributed by atoms with E-state index in [2.05, 4.69) is 5.16 Å². The summed E-state index contributed by atoms with van der Waals surface area (Å²) in [4.78, 5) is 27.3. The van der Waals surface area contributed by atoms with E-state index in [1.54, 1.807) is 29.7 Å². The van der Waals surface area contributed by atoms with Crippen LogP contribution in [0.4, 0.5) is 0 Å². The largest absolute Gasteiger partial charge is 0.484 e. The average Bonchev–Trinajstić information content (AvgIpc) is 3.21. The third-order valence-corrected chi connectivity index (χ3v) is 5.32. The van der Waals surface area contributed by atoms with Crippen LogP contribution in [0.2, 0.25) is 0 Å². The summed E-state index contributed by atoms with van der Waals surface area (Å²) in [5.41, 5.74) is 0.223. The Bertz CT molecular complexity index is 822. The lowest BCUT2D eigenvalue weighted by Gasteiger charge is -2.30. The number of thioether (sulfide) groups is 1. The first-order valence-electron chi connectivity index (χ1n) is 9.29. The molecule has 150 valence electrons. The molecule has 0 aliphatic carbocycles. The minimum atomic E-state index is -0.282. The van der Waals surface area contributed by atoms with Crippen molar-refractivity contribution < 1.29 is 23.6 Å². The van der Waals surface area contributed by atoms with Crippen molar-refractivity contribution in [1.29, 1.82) is 0 Å². The van der Waals surface area contributed by atoms with Gasteiger partial charge in [0.15, 0.2) is 11.5 Å². The highest BCUT2D eigenvalue weighted by molar-refractivity contribution is 7.98. The topological polar surface area (TPSA) is 81.9 Å². The minimum Gasteiger partial charge on any atom is -0.484 e. The van der Waals surface area contributed by atoms with Crippen LogP contribution in [-0.2, 0) is 16.1 Å². The van der Waals surface area contributed by atoms with E-state index in [1.165, 1.54) is 0 Å². The number of para-hydroxylation sites is 1. The summed E-state index contributed by atoms with van der Waals surface area (Å²) in [6.45, 7) is 3.24. The highest BCUT2D eigenvalue weighted by atomic mass is 32.2. The zero-order chi connectivity index (χ0) is 19.9. The number of piperidine rings is 1. The standard InChI is InChI=1S/C20H24N2O5S/c1-3-25-20(24)14-7-6-10-22(12-14)19(23)16-11-15(27-21-16)13-26-17-8-4-5-9-18(17)28-2/h4-5,8-9,11,14H,3,6-7,10,12-13H2,1-2H3/t14-/m0/s1. The van der Waals surface area contributed by atoms with E-state index in [-0.39, 0.29) is 30.1 Å². The van der Waals surface area contributed by atoms with E-state index in [1.807, 2.05) is 30.5 Å². The summed E-state index contributed by atoms with van der Waals surface area (Å²) in [6, 6.07) is 9.31. The third kappa shape index (κ3) is 4.86. The summed E-state index contributed by atoms with van der Waals surface area (Å²) in [7, 11) is 0. The lowest BCUT2D eigenvalue weighted by molar-refractivity contribution is -0.149. The molecule has 0 bridgehead atoms. The van der Waals surface area contributed by atoms with Crippen LogP contribution in [0.25, 0.3) is 0 Å². The summed E-state index contributed by atoms with van der Waals surface area (Å²) in [5.74, 6) is 0.455. The summed E-state index contributed by atoms with van der Waals surface area (Å²) in [6.07, 6.45) is 3.47. The number of carbonyl (C=O) groups excluding carboxylic acids is 2. The van der Waals surface area contributed by atoms with E-state index in [9.17, 15) is 9.59 Å². The number of rotatable bonds is 7. The van der Waals surface area contributed by atoms with Gasteiger partial charge in [-0.3, -0.25) is 9.59 Å². The van der Waals surface area contributed by atoms with Gasteiger partial charge in [-0.2, -0.15) is 0 Å². The monoisotopic (exact) mass is 404 g/mol. The van der Waals surface area contributed by atoms with Crippen molar-refractivity contribution >= 4 is 23.6 Å². The van der Waals surface area contributed by atoms with Crippen LogP contribution in [0, 0.1) is 5.92 Å². The Morgan fingerprint density at radius 2 is 2.18 bits per heavy atom. The number of amides is 1. The number of hydrogen-bond acceptors (Lipinski definition) is 7. The van der Waals surface area contributed by atoms with E-state index >= 15 is 0 Å². The predicted molar refractivity (Wildman–Crippen MR) is 104 cm³/mol. The van der Waals surface area contributed by atoms with Crippen LogP contribution >= 0.6 is 11.8 Å². The molecule has 1 aliphatic rings. The molecular formula is C20H24N2O5S. The Labute approximate surface area is 168 Å².